The molecule has 0 amide bonds. The van der Waals surface area contributed by atoms with Crippen LogP contribution in [0.5, 0.6) is 0 Å². The van der Waals surface area contributed by atoms with E-state index in [2.05, 4.69) is 10.1 Å². The second-order valence-corrected chi connectivity index (χ2v) is 5.11. The minimum Gasteiger partial charge on any atom is -0.317 e. The fourth-order valence-electron chi connectivity index (χ4n) is 2.04. The van der Waals surface area contributed by atoms with Crippen LogP contribution in [0.3, 0.4) is 0 Å². The summed E-state index contributed by atoms with van der Waals surface area (Å²) in [6, 6.07) is 9.11. The molecular weight excluding hydrogens is 288 g/mol. The zero-order chi connectivity index (χ0) is 15.0. The van der Waals surface area contributed by atoms with E-state index in [1.54, 1.807) is 16.9 Å². The third kappa shape index (κ3) is 2.53. The van der Waals surface area contributed by atoms with E-state index >= 15 is 0 Å². The number of nitrogen functional groups attached to an aromatic ring is 2. The second kappa shape index (κ2) is 5.06. The monoisotopic (exact) mass is 301 g/mol. The first-order chi connectivity index (χ1) is 10.0. The van der Waals surface area contributed by atoms with Gasteiger partial charge in [-0.05, 0) is 24.3 Å². The van der Waals surface area contributed by atoms with Crippen molar-refractivity contribution in [3.63, 3.8) is 0 Å². The molecule has 0 saturated carbocycles. The molecule has 0 atom stereocenters. The smallest absolute Gasteiger partial charge is 0.295 e. The minimum atomic E-state index is 0.411. The van der Waals surface area contributed by atoms with Gasteiger partial charge in [-0.3, -0.25) is 10.5 Å². The maximum absolute atomic E-state index is 5.98. The maximum atomic E-state index is 5.98. The number of aryl methyl sites for hydroxylation is 1. The Bertz CT molecular complexity index is 794. The lowest BCUT2D eigenvalue weighted by molar-refractivity contribution is -0.615. The van der Waals surface area contributed by atoms with Gasteiger partial charge in [-0.25, -0.2) is 0 Å². The summed E-state index contributed by atoms with van der Waals surface area (Å²) in [5.74, 6) is 6.93. The zero-order valence-corrected chi connectivity index (χ0v) is 12.1. The van der Waals surface area contributed by atoms with Gasteiger partial charge in [0.2, 0.25) is 5.82 Å². The summed E-state index contributed by atoms with van der Waals surface area (Å²) in [6.07, 6.45) is 3.52. The lowest BCUT2D eigenvalue weighted by Crippen LogP contribution is -2.49. The number of hydrogen-bond acceptors (Lipinski definition) is 4. The van der Waals surface area contributed by atoms with E-state index in [1.807, 2.05) is 37.5 Å². The van der Waals surface area contributed by atoms with E-state index in [4.69, 9.17) is 23.2 Å². The van der Waals surface area contributed by atoms with Gasteiger partial charge in [0.25, 0.3) is 5.82 Å². The summed E-state index contributed by atoms with van der Waals surface area (Å²) >= 11 is 5.91. The number of hydrogen-bond donors (Lipinski definition) is 2. The van der Waals surface area contributed by atoms with Crippen LogP contribution in [0.25, 0.3) is 22.6 Å². The first-order valence-electron chi connectivity index (χ1n) is 6.27. The fraction of sp³-hybridized carbons (Fsp3) is 0.0714. The van der Waals surface area contributed by atoms with Gasteiger partial charge in [-0.2, -0.15) is 5.10 Å². The Labute approximate surface area is 126 Å². The Morgan fingerprint density at radius 3 is 2.52 bits per heavy atom. The summed E-state index contributed by atoms with van der Waals surface area (Å²) in [5, 5.41) is 4.80. The zero-order valence-electron chi connectivity index (χ0n) is 11.4. The summed E-state index contributed by atoms with van der Waals surface area (Å²) in [5.41, 5.74) is 8.41. The van der Waals surface area contributed by atoms with Crippen molar-refractivity contribution < 1.29 is 4.68 Å². The minimum absolute atomic E-state index is 0.411. The van der Waals surface area contributed by atoms with Gasteiger partial charge in [-0.15, -0.1) is 9.66 Å². The first-order valence-corrected chi connectivity index (χ1v) is 6.65. The van der Waals surface area contributed by atoms with E-state index < -0.39 is 0 Å². The molecular formula is C14H14ClN6+. The van der Waals surface area contributed by atoms with E-state index in [0.29, 0.717) is 16.7 Å². The van der Waals surface area contributed by atoms with Gasteiger partial charge in [0.05, 0.1) is 17.8 Å². The molecule has 3 rings (SSSR count). The van der Waals surface area contributed by atoms with Crippen molar-refractivity contribution >= 4 is 17.4 Å². The van der Waals surface area contributed by atoms with E-state index in [9.17, 15) is 0 Å². The predicted molar refractivity (Wildman–Crippen MR) is 81.6 cm³/mol. The van der Waals surface area contributed by atoms with E-state index in [0.717, 1.165) is 16.8 Å². The van der Waals surface area contributed by atoms with Crippen molar-refractivity contribution in [2.45, 2.75) is 0 Å². The Hall–Kier alpha value is -2.60. The lowest BCUT2D eigenvalue weighted by atomic mass is 10.1. The average Bonchev–Trinajstić information content (AvgIpc) is 2.89. The summed E-state index contributed by atoms with van der Waals surface area (Å²) < 4.78 is 3.03. The molecule has 0 radical (unpaired) electrons. The molecule has 0 aliphatic carbocycles. The average molecular weight is 302 g/mol. The van der Waals surface area contributed by atoms with Crippen LogP contribution in [0.4, 0.5) is 5.82 Å². The second-order valence-electron chi connectivity index (χ2n) is 4.67. The van der Waals surface area contributed by atoms with Crippen molar-refractivity contribution in [3.8, 4) is 22.6 Å². The number of anilines is 1. The molecule has 0 bridgehead atoms. The van der Waals surface area contributed by atoms with Gasteiger partial charge in [-0.1, -0.05) is 11.6 Å². The molecule has 21 heavy (non-hydrogen) atoms. The molecule has 0 spiro atoms. The van der Waals surface area contributed by atoms with Gasteiger partial charge in [0.1, 0.15) is 0 Å². The Kier molecular flexibility index (Phi) is 3.23. The number of halogens is 1. The highest BCUT2D eigenvalue weighted by Gasteiger charge is 2.19. The van der Waals surface area contributed by atoms with Crippen molar-refractivity contribution in [1.82, 2.24) is 14.8 Å². The SMILES string of the molecule is Cn1cc(-c2nc(-c3ccc(Cl)cc3)cc(N)[n+]2N)cn1. The Morgan fingerprint density at radius 2 is 1.90 bits per heavy atom. The van der Waals surface area contributed by atoms with E-state index in [-0.39, 0.29) is 0 Å². The van der Waals surface area contributed by atoms with Gasteiger partial charge < -0.3 is 5.73 Å². The van der Waals surface area contributed by atoms with Crippen molar-refractivity contribution in [1.29, 1.82) is 0 Å². The number of nitrogens with zero attached hydrogens (tertiary/aromatic N) is 4. The molecule has 0 aliphatic heterocycles. The summed E-state index contributed by atoms with van der Waals surface area (Å²) in [6.45, 7) is 0. The molecule has 3 aromatic rings. The largest absolute Gasteiger partial charge is 0.317 e. The highest BCUT2D eigenvalue weighted by Crippen LogP contribution is 2.23. The lowest BCUT2D eigenvalue weighted by Gasteiger charge is -2.04. The number of benzene rings is 1. The molecule has 0 fully saturated rings. The van der Waals surface area contributed by atoms with Gasteiger partial charge >= 0.3 is 0 Å². The molecule has 0 unspecified atom stereocenters. The Morgan fingerprint density at radius 1 is 1.19 bits per heavy atom. The Balaban J connectivity index is 2.15. The maximum Gasteiger partial charge on any atom is 0.295 e. The van der Waals surface area contributed by atoms with Crippen molar-refractivity contribution in [3.05, 3.63) is 47.7 Å². The molecule has 0 saturated heterocycles. The number of rotatable bonds is 2. The standard InChI is InChI=1S/C14H13ClN6/c1-20-8-10(7-18-20)14-19-12(6-13(16)21(14)17)9-2-4-11(15)5-3-9/h2-8,16H,17H2,1H3/p+1. The highest BCUT2D eigenvalue weighted by molar-refractivity contribution is 6.30. The molecule has 4 N–H and O–H groups in total. The van der Waals surface area contributed by atoms with Crippen LogP contribution in [-0.2, 0) is 7.05 Å². The van der Waals surface area contributed by atoms with Crippen molar-refractivity contribution in [2.75, 3.05) is 11.6 Å². The molecule has 7 heteroatoms. The van der Waals surface area contributed by atoms with Crippen LogP contribution in [0.2, 0.25) is 5.02 Å². The highest BCUT2D eigenvalue weighted by atomic mass is 35.5. The molecule has 0 aliphatic rings. The quantitative estimate of drug-likeness (QED) is 0.553. The van der Waals surface area contributed by atoms with Crippen LogP contribution in [0.15, 0.2) is 42.7 Å². The van der Waals surface area contributed by atoms with Gasteiger partial charge in [0, 0.05) is 23.8 Å². The summed E-state index contributed by atoms with van der Waals surface area (Å²) in [4.78, 5) is 4.58. The van der Waals surface area contributed by atoms with Crippen LogP contribution in [0.1, 0.15) is 0 Å². The molecule has 6 nitrogen and oxygen atoms in total. The molecule has 1 aromatic carbocycles. The first kappa shape index (κ1) is 13.4. The van der Waals surface area contributed by atoms with Crippen molar-refractivity contribution in [2.24, 2.45) is 7.05 Å². The fourth-order valence-corrected chi connectivity index (χ4v) is 2.17. The van der Waals surface area contributed by atoms with Crippen LogP contribution in [0, 0.1) is 0 Å². The predicted octanol–water partition coefficient (Wildman–Crippen LogP) is 1.39. The molecule has 106 valence electrons. The molecule has 2 heterocycles. The normalized spacial score (nSPS) is 10.8. The third-order valence-corrected chi connectivity index (χ3v) is 3.37. The summed E-state index contributed by atoms with van der Waals surface area (Å²) in [7, 11) is 1.83. The van der Waals surface area contributed by atoms with Crippen LogP contribution < -0.4 is 16.3 Å². The number of nitrogens with two attached hydrogens (primary N) is 2. The van der Waals surface area contributed by atoms with Crippen LogP contribution in [-0.4, -0.2) is 14.8 Å². The van der Waals surface area contributed by atoms with E-state index in [1.165, 1.54) is 4.68 Å². The molecule has 2 aromatic heterocycles. The van der Waals surface area contributed by atoms with Crippen LogP contribution >= 0.6 is 11.6 Å². The topological polar surface area (TPSA) is 86.6 Å². The van der Waals surface area contributed by atoms with Gasteiger partial charge in [0.15, 0.2) is 5.69 Å². The third-order valence-electron chi connectivity index (χ3n) is 3.12. The number of aromatic nitrogens is 4.